The molecule has 0 fully saturated rings. The summed E-state index contributed by atoms with van der Waals surface area (Å²) in [6, 6.07) is 20.7. The molecule has 0 saturated heterocycles. The Labute approximate surface area is 191 Å². The van der Waals surface area contributed by atoms with E-state index in [9.17, 15) is 4.21 Å². The second-order valence-electron chi connectivity index (χ2n) is 8.58. The van der Waals surface area contributed by atoms with Crippen LogP contribution in [0.25, 0.3) is 11.2 Å². The van der Waals surface area contributed by atoms with Crippen LogP contribution in [0.5, 0.6) is 0 Å². The predicted molar refractivity (Wildman–Crippen MR) is 131 cm³/mol. The van der Waals surface area contributed by atoms with Crippen molar-refractivity contribution in [3.05, 3.63) is 94.7 Å². The Morgan fingerprint density at radius 2 is 1.59 bits per heavy atom. The highest BCUT2D eigenvalue weighted by Crippen LogP contribution is 2.25. The van der Waals surface area contributed by atoms with Crippen LogP contribution in [0.1, 0.15) is 41.3 Å². The van der Waals surface area contributed by atoms with E-state index in [1.54, 1.807) is 12.5 Å². The minimum Gasteiger partial charge on any atom is -0.302 e. The zero-order valence-corrected chi connectivity index (χ0v) is 19.9. The molecule has 32 heavy (non-hydrogen) atoms. The van der Waals surface area contributed by atoms with Crippen LogP contribution in [0.3, 0.4) is 0 Å². The molecule has 0 aliphatic heterocycles. The molecular formula is C26H30N4OS. The van der Waals surface area contributed by atoms with Crippen molar-refractivity contribution in [3.8, 4) is 0 Å². The fraction of sp³-hybridized carbons (Fsp3) is 0.308. The van der Waals surface area contributed by atoms with Crippen LogP contribution < -0.4 is 5.62 Å². The minimum atomic E-state index is -1.01. The number of rotatable bonds is 7. The predicted octanol–water partition coefficient (Wildman–Crippen LogP) is 4.71. The quantitative estimate of drug-likeness (QED) is 0.447. The van der Waals surface area contributed by atoms with E-state index < -0.39 is 10.8 Å². The zero-order valence-electron chi connectivity index (χ0n) is 19.1. The first-order valence-corrected chi connectivity index (χ1v) is 12.6. The first-order chi connectivity index (χ1) is 15.3. The van der Waals surface area contributed by atoms with Gasteiger partial charge >= 0.3 is 0 Å². The third-order valence-corrected chi connectivity index (χ3v) is 6.90. The van der Waals surface area contributed by atoms with Crippen molar-refractivity contribution in [2.24, 2.45) is 0 Å². The van der Waals surface area contributed by atoms with E-state index >= 15 is 0 Å². The summed E-state index contributed by atoms with van der Waals surface area (Å²) in [5, 5.41) is 9.16. The molecule has 1 N–H and O–H groups in total. The molecule has 166 valence electrons. The number of hydrogen-bond donors (Lipinski definition) is 1. The van der Waals surface area contributed by atoms with E-state index in [0.29, 0.717) is 17.8 Å². The van der Waals surface area contributed by atoms with Crippen LogP contribution in [0, 0.1) is 19.3 Å². The van der Waals surface area contributed by atoms with Gasteiger partial charge in [0, 0.05) is 29.0 Å². The summed E-state index contributed by atoms with van der Waals surface area (Å²) in [4.78, 5) is 4.66. The van der Waals surface area contributed by atoms with Gasteiger partial charge in [0.15, 0.2) is 5.65 Å². The highest BCUT2D eigenvalue weighted by Gasteiger charge is 2.23. The van der Waals surface area contributed by atoms with Gasteiger partial charge in [0.05, 0.1) is 17.6 Å². The van der Waals surface area contributed by atoms with Crippen LogP contribution >= 0.6 is 0 Å². The molecule has 2 heterocycles. The fourth-order valence-electron chi connectivity index (χ4n) is 4.32. The Morgan fingerprint density at radius 3 is 2.22 bits per heavy atom. The summed E-state index contributed by atoms with van der Waals surface area (Å²) < 4.78 is 16.3. The first kappa shape index (κ1) is 22.2. The van der Waals surface area contributed by atoms with Crippen molar-refractivity contribution in [1.29, 1.82) is 5.41 Å². The van der Waals surface area contributed by atoms with Crippen LogP contribution in [0.2, 0.25) is 0 Å². The minimum absolute atomic E-state index is 0.0248. The maximum absolute atomic E-state index is 12.3. The number of fused-ring (bicyclic) bond motifs is 1. The monoisotopic (exact) mass is 446 g/mol. The molecule has 3 atom stereocenters. The van der Waals surface area contributed by atoms with Gasteiger partial charge in [-0.2, -0.15) is 0 Å². The number of benzene rings is 2. The van der Waals surface area contributed by atoms with Crippen LogP contribution in [-0.2, 0) is 17.2 Å². The molecule has 0 saturated carbocycles. The zero-order chi connectivity index (χ0) is 22.8. The van der Waals surface area contributed by atoms with Crippen molar-refractivity contribution in [2.75, 3.05) is 12.0 Å². The summed E-state index contributed by atoms with van der Waals surface area (Å²) in [5.74, 6) is 0.471. The Bertz CT molecular complexity index is 1300. The lowest BCUT2D eigenvalue weighted by Gasteiger charge is -2.19. The van der Waals surface area contributed by atoms with E-state index in [1.165, 1.54) is 16.7 Å². The Morgan fingerprint density at radius 1 is 0.969 bits per heavy atom. The van der Waals surface area contributed by atoms with Gasteiger partial charge in [-0.3, -0.25) is 14.2 Å². The number of aromatic nitrogens is 3. The average Bonchev–Trinajstić information content (AvgIpc) is 3.06. The molecule has 5 nitrogen and oxygen atoms in total. The molecule has 4 rings (SSSR count). The lowest BCUT2D eigenvalue weighted by molar-refractivity contribution is 0.497. The highest BCUT2D eigenvalue weighted by molar-refractivity contribution is 7.84. The fourth-order valence-corrected chi connectivity index (χ4v) is 5.13. The molecule has 6 heteroatoms. The van der Waals surface area contributed by atoms with E-state index in [4.69, 9.17) is 5.41 Å². The lowest BCUT2D eigenvalue weighted by atomic mass is 10.1. The molecule has 2 aromatic carbocycles. The van der Waals surface area contributed by atoms with Crippen molar-refractivity contribution >= 4 is 22.0 Å². The van der Waals surface area contributed by atoms with Gasteiger partial charge in [-0.1, -0.05) is 59.7 Å². The Balaban J connectivity index is 1.85. The van der Waals surface area contributed by atoms with Gasteiger partial charge in [-0.15, -0.1) is 0 Å². The lowest BCUT2D eigenvalue weighted by Crippen LogP contribution is -2.32. The number of nitrogens with zero attached hydrogens (tertiary/aromatic N) is 3. The van der Waals surface area contributed by atoms with Gasteiger partial charge < -0.3 is 4.57 Å². The Kier molecular flexibility index (Phi) is 6.42. The highest BCUT2D eigenvalue weighted by atomic mass is 32.2. The van der Waals surface area contributed by atoms with Crippen molar-refractivity contribution in [2.45, 2.75) is 39.3 Å². The van der Waals surface area contributed by atoms with Crippen LogP contribution in [-0.4, -0.2) is 30.3 Å². The molecule has 0 aliphatic rings. The second kappa shape index (κ2) is 9.25. The number of imidazole rings is 1. The van der Waals surface area contributed by atoms with E-state index in [0.717, 1.165) is 16.7 Å². The summed E-state index contributed by atoms with van der Waals surface area (Å²) in [6.45, 7) is 6.27. The molecule has 0 bridgehead atoms. The molecule has 0 amide bonds. The smallest absolute Gasteiger partial charge is 0.205 e. The third-order valence-electron chi connectivity index (χ3n) is 6.04. The van der Waals surface area contributed by atoms with Gasteiger partial charge in [-0.25, -0.2) is 4.98 Å². The summed E-state index contributed by atoms with van der Waals surface area (Å²) in [5.41, 5.74) is 6.80. The largest absolute Gasteiger partial charge is 0.302 e. The van der Waals surface area contributed by atoms with Crippen LogP contribution in [0.4, 0.5) is 0 Å². The molecular weight excluding hydrogens is 416 g/mol. The summed E-state index contributed by atoms with van der Waals surface area (Å²) >= 11 is 0. The molecule has 0 spiro atoms. The van der Waals surface area contributed by atoms with E-state index in [2.05, 4.69) is 74.3 Å². The van der Waals surface area contributed by atoms with E-state index in [-0.39, 0.29) is 12.1 Å². The molecule has 3 unspecified atom stereocenters. The number of hydrogen-bond acceptors (Lipinski definition) is 3. The normalized spacial score (nSPS) is 14.4. The molecule has 0 aliphatic carbocycles. The standard InChI is InChI=1S/C26H30N4OS/c1-18-7-11-21(12-8-18)16-23(17-32(4)31)30-25-24(6-5-15-28-25)29(26(30)27)20(3)22-13-9-19(2)10-14-22/h5-15,20,23,27H,16-17H2,1-4H3. The first-order valence-electron chi connectivity index (χ1n) is 10.9. The van der Waals surface area contributed by atoms with Crippen molar-refractivity contribution in [3.63, 3.8) is 0 Å². The Hall–Kier alpha value is -2.99. The number of nitrogens with one attached hydrogen (secondary N) is 1. The molecule has 2 aromatic heterocycles. The molecule has 0 radical (unpaired) electrons. The maximum atomic E-state index is 12.3. The summed E-state index contributed by atoms with van der Waals surface area (Å²) in [6.07, 6.45) is 4.20. The SMILES string of the molecule is Cc1ccc(CC(CS(C)=O)n2c(=N)n(C(C)c3ccc(C)cc3)c3cccnc32)cc1. The second-order valence-corrected chi connectivity index (χ2v) is 10.1. The molecule has 4 aromatic rings. The van der Waals surface area contributed by atoms with Crippen LogP contribution in [0.15, 0.2) is 66.9 Å². The third kappa shape index (κ3) is 4.46. The van der Waals surface area contributed by atoms with E-state index in [1.807, 2.05) is 21.3 Å². The van der Waals surface area contributed by atoms with Gasteiger partial charge in [0.2, 0.25) is 5.62 Å². The summed E-state index contributed by atoms with van der Waals surface area (Å²) in [7, 11) is -1.01. The van der Waals surface area contributed by atoms with Gasteiger partial charge in [0.25, 0.3) is 0 Å². The van der Waals surface area contributed by atoms with Gasteiger partial charge in [0.1, 0.15) is 0 Å². The topological polar surface area (TPSA) is 63.7 Å². The number of aryl methyl sites for hydroxylation is 2. The number of pyridine rings is 1. The van der Waals surface area contributed by atoms with Crippen molar-refractivity contribution in [1.82, 2.24) is 14.1 Å². The maximum Gasteiger partial charge on any atom is 0.205 e. The van der Waals surface area contributed by atoms with Gasteiger partial charge in [-0.05, 0) is 50.5 Å². The van der Waals surface area contributed by atoms with Crippen molar-refractivity contribution < 1.29 is 4.21 Å². The average molecular weight is 447 g/mol.